The van der Waals surface area contributed by atoms with E-state index in [-0.39, 0.29) is 0 Å². The van der Waals surface area contributed by atoms with Crippen LogP contribution >= 0.6 is 0 Å². The van der Waals surface area contributed by atoms with Crippen molar-refractivity contribution < 1.29 is 0 Å². The topological polar surface area (TPSA) is 29.9 Å². The zero-order valence-corrected chi connectivity index (χ0v) is 12.4. The molecule has 0 amide bonds. The number of likely N-dealkylation sites (N-methyl/N-ethyl adjacent to an activating group) is 1. The van der Waals surface area contributed by atoms with Crippen molar-refractivity contribution in [2.45, 2.75) is 59.0 Å². The van der Waals surface area contributed by atoms with Crippen LogP contribution in [0, 0.1) is 18.3 Å². The molecule has 1 aliphatic rings. The van der Waals surface area contributed by atoms with E-state index in [2.05, 4.69) is 62.1 Å². The van der Waals surface area contributed by atoms with Crippen molar-refractivity contribution in [2.24, 2.45) is 11.3 Å². The monoisotopic (exact) mass is 249 g/mol. The van der Waals surface area contributed by atoms with Gasteiger partial charge in [-0.2, -0.15) is 5.10 Å². The highest BCUT2D eigenvalue weighted by Crippen LogP contribution is 2.41. The normalized spacial score (nSPS) is 29.5. The summed E-state index contributed by atoms with van der Waals surface area (Å²) in [6.45, 7) is 9.16. The Labute approximate surface area is 111 Å². The summed E-state index contributed by atoms with van der Waals surface area (Å²) in [5.74, 6) is 0.789. The molecule has 3 heteroatoms. The molecule has 0 radical (unpaired) electrons. The molecular weight excluding hydrogens is 222 g/mol. The van der Waals surface area contributed by atoms with Crippen molar-refractivity contribution in [1.82, 2.24) is 15.1 Å². The first-order valence-corrected chi connectivity index (χ1v) is 7.11. The second-order valence-electron chi connectivity index (χ2n) is 6.78. The Hall–Kier alpha value is -0.830. The Morgan fingerprint density at radius 3 is 2.56 bits per heavy atom. The van der Waals surface area contributed by atoms with Gasteiger partial charge in [-0.1, -0.05) is 20.8 Å². The van der Waals surface area contributed by atoms with Gasteiger partial charge in [-0.3, -0.25) is 4.68 Å². The van der Waals surface area contributed by atoms with Gasteiger partial charge in [0.25, 0.3) is 0 Å². The fourth-order valence-electron chi connectivity index (χ4n) is 3.18. The molecule has 1 aromatic rings. The molecule has 1 aliphatic carbocycles. The van der Waals surface area contributed by atoms with Crippen LogP contribution in [-0.4, -0.2) is 22.9 Å². The Balaban J connectivity index is 2.18. The van der Waals surface area contributed by atoms with Crippen molar-refractivity contribution in [3.63, 3.8) is 0 Å². The Kier molecular flexibility index (Phi) is 3.81. The van der Waals surface area contributed by atoms with Gasteiger partial charge >= 0.3 is 0 Å². The number of nitrogens with one attached hydrogen (secondary N) is 1. The minimum absolute atomic E-state index is 0.402. The largest absolute Gasteiger partial charge is 0.315 e. The highest BCUT2D eigenvalue weighted by molar-refractivity contribution is 4.99. The van der Waals surface area contributed by atoms with E-state index in [0.29, 0.717) is 17.5 Å². The standard InChI is InChI=1S/C15H27N3/c1-11-8-9-18(17-11)14-10-12(15(2,3)4)6-7-13(14)16-5/h8-9,12-14,16H,6-7,10H2,1-5H3. The number of rotatable bonds is 2. The third kappa shape index (κ3) is 2.77. The lowest BCUT2D eigenvalue weighted by Gasteiger charge is -2.41. The summed E-state index contributed by atoms with van der Waals surface area (Å²) in [6, 6.07) is 3.16. The molecule has 3 nitrogen and oxygen atoms in total. The summed E-state index contributed by atoms with van der Waals surface area (Å²) in [5.41, 5.74) is 1.52. The van der Waals surface area contributed by atoms with Crippen LogP contribution in [0.1, 0.15) is 51.8 Å². The maximum absolute atomic E-state index is 4.63. The fourth-order valence-corrected chi connectivity index (χ4v) is 3.18. The summed E-state index contributed by atoms with van der Waals surface area (Å²) < 4.78 is 2.17. The van der Waals surface area contributed by atoms with Crippen molar-refractivity contribution in [3.8, 4) is 0 Å². The first kappa shape index (κ1) is 13.6. The summed E-state index contributed by atoms with van der Waals surface area (Å²) >= 11 is 0. The smallest absolute Gasteiger partial charge is 0.0674 e. The predicted molar refractivity (Wildman–Crippen MR) is 75.6 cm³/mol. The summed E-state index contributed by atoms with van der Waals surface area (Å²) in [4.78, 5) is 0. The minimum atomic E-state index is 0.402. The average molecular weight is 249 g/mol. The van der Waals surface area contributed by atoms with E-state index < -0.39 is 0 Å². The van der Waals surface area contributed by atoms with Gasteiger partial charge < -0.3 is 5.32 Å². The summed E-state index contributed by atoms with van der Waals surface area (Å²) in [6.07, 6.45) is 5.94. The lowest BCUT2D eigenvalue weighted by Crippen LogP contribution is -2.42. The number of aryl methyl sites for hydroxylation is 1. The highest BCUT2D eigenvalue weighted by Gasteiger charge is 2.36. The molecule has 1 N–H and O–H groups in total. The molecule has 1 heterocycles. The minimum Gasteiger partial charge on any atom is -0.315 e. The molecule has 0 bridgehead atoms. The van der Waals surface area contributed by atoms with Crippen LogP contribution in [0.2, 0.25) is 0 Å². The van der Waals surface area contributed by atoms with Crippen molar-refractivity contribution in [3.05, 3.63) is 18.0 Å². The third-order valence-corrected chi connectivity index (χ3v) is 4.49. The van der Waals surface area contributed by atoms with Gasteiger partial charge in [0.2, 0.25) is 0 Å². The Morgan fingerprint density at radius 1 is 1.33 bits per heavy atom. The SMILES string of the molecule is CNC1CCC(C(C)(C)C)CC1n1ccc(C)n1. The summed E-state index contributed by atoms with van der Waals surface area (Å²) in [7, 11) is 2.07. The van der Waals surface area contributed by atoms with Crippen molar-refractivity contribution >= 4 is 0 Å². The lowest BCUT2D eigenvalue weighted by molar-refractivity contribution is 0.115. The maximum Gasteiger partial charge on any atom is 0.0674 e. The molecule has 1 saturated carbocycles. The maximum atomic E-state index is 4.63. The molecule has 102 valence electrons. The molecule has 0 aliphatic heterocycles. The molecule has 1 aromatic heterocycles. The first-order chi connectivity index (χ1) is 8.41. The summed E-state index contributed by atoms with van der Waals surface area (Å²) in [5, 5.41) is 8.10. The molecule has 0 aromatic carbocycles. The van der Waals surface area contributed by atoms with E-state index >= 15 is 0 Å². The molecule has 3 atom stereocenters. The Bertz CT molecular complexity index is 389. The second kappa shape index (κ2) is 5.04. The lowest BCUT2D eigenvalue weighted by atomic mass is 9.69. The van der Waals surface area contributed by atoms with Crippen molar-refractivity contribution in [2.75, 3.05) is 7.05 Å². The highest BCUT2D eigenvalue weighted by atomic mass is 15.3. The predicted octanol–water partition coefficient (Wildman–Crippen LogP) is 3.17. The number of aromatic nitrogens is 2. The van der Waals surface area contributed by atoms with Crippen LogP contribution < -0.4 is 5.32 Å². The van der Waals surface area contributed by atoms with Gasteiger partial charge in [0, 0.05) is 12.2 Å². The first-order valence-electron chi connectivity index (χ1n) is 7.11. The van der Waals surface area contributed by atoms with Gasteiger partial charge in [0.1, 0.15) is 0 Å². The van der Waals surface area contributed by atoms with Gasteiger partial charge in [0.05, 0.1) is 11.7 Å². The van der Waals surface area contributed by atoms with E-state index in [1.807, 2.05) is 0 Å². The molecule has 2 rings (SSSR count). The van der Waals surface area contributed by atoms with E-state index in [1.165, 1.54) is 19.3 Å². The zero-order chi connectivity index (χ0) is 13.3. The van der Waals surface area contributed by atoms with E-state index in [1.54, 1.807) is 0 Å². The molecule has 18 heavy (non-hydrogen) atoms. The fraction of sp³-hybridized carbons (Fsp3) is 0.800. The van der Waals surface area contributed by atoms with E-state index in [0.717, 1.165) is 11.6 Å². The van der Waals surface area contributed by atoms with Crippen LogP contribution in [0.25, 0.3) is 0 Å². The van der Waals surface area contributed by atoms with Crippen molar-refractivity contribution in [1.29, 1.82) is 0 Å². The number of nitrogens with zero attached hydrogens (tertiary/aromatic N) is 2. The molecule has 3 unspecified atom stereocenters. The Morgan fingerprint density at radius 2 is 2.06 bits per heavy atom. The van der Waals surface area contributed by atoms with Gasteiger partial charge in [-0.05, 0) is 50.6 Å². The molecule has 0 saturated heterocycles. The van der Waals surface area contributed by atoms with Crippen LogP contribution in [0.5, 0.6) is 0 Å². The van der Waals surface area contributed by atoms with E-state index in [4.69, 9.17) is 0 Å². The van der Waals surface area contributed by atoms with E-state index in [9.17, 15) is 0 Å². The molecular formula is C15H27N3. The van der Waals surface area contributed by atoms with Crippen LogP contribution in [0.3, 0.4) is 0 Å². The van der Waals surface area contributed by atoms with Crippen LogP contribution in [0.4, 0.5) is 0 Å². The number of hydrogen-bond acceptors (Lipinski definition) is 2. The average Bonchev–Trinajstić information content (AvgIpc) is 2.73. The van der Waals surface area contributed by atoms with Gasteiger partial charge in [0.15, 0.2) is 0 Å². The quantitative estimate of drug-likeness (QED) is 0.872. The zero-order valence-electron chi connectivity index (χ0n) is 12.4. The third-order valence-electron chi connectivity index (χ3n) is 4.49. The van der Waals surface area contributed by atoms with Gasteiger partial charge in [-0.25, -0.2) is 0 Å². The number of hydrogen-bond donors (Lipinski definition) is 1. The molecule has 1 fully saturated rings. The van der Waals surface area contributed by atoms with Crippen LogP contribution in [0.15, 0.2) is 12.3 Å². The van der Waals surface area contributed by atoms with Gasteiger partial charge in [-0.15, -0.1) is 0 Å². The molecule has 0 spiro atoms. The second-order valence-corrected chi connectivity index (χ2v) is 6.78. The van der Waals surface area contributed by atoms with Crippen LogP contribution in [-0.2, 0) is 0 Å².